The van der Waals surface area contributed by atoms with Crippen LogP contribution in [0.15, 0.2) is 54.6 Å². The first-order chi connectivity index (χ1) is 11.1. The fourth-order valence-corrected chi connectivity index (χ4v) is 1.85. The van der Waals surface area contributed by atoms with Gasteiger partial charge in [-0.15, -0.1) is 0 Å². The molecule has 0 saturated carbocycles. The Morgan fingerprint density at radius 1 is 1.00 bits per heavy atom. The molecule has 0 aliphatic heterocycles. The largest absolute Gasteiger partial charge is 0.497 e. The summed E-state index contributed by atoms with van der Waals surface area (Å²) in [5, 5.41) is 0. The van der Waals surface area contributed by atoms with Gasteiger partial charge in [-0.2, -0.15) is 0 Å². The van der Waals surface area contributed by atoms with E-state index in [-0.39, 0.29) is 6.61 Å². The zero-order chi connectivity index (χ0) is 16.7. The Bertz CT molecular complexity index is 649. The molecule has 0 unspecified atom stereocenters. The first-order valence-corrected chi connectivity index (χ1v) is 7.15. The third-order valence-electron chi connectivity index (χ3n) is 3.17. The van der Waals surface area contributed by atoms with E-state index >= 15 is 0 Å². The summed E-state index contributed by atoms with van der Waals surface area (Å²) in [7, 11) is 1.54. The van der Waals surface area contributed by atoms with Crippen molar-refractivity contribution in [1.29, 1.82) is 0 Å². The number of carbonyl (C=O) groups excluding carboxylic acids is 2. The van der Waals surface area contributed by atoms with Crippen molar-refractivity contribution in [3.63, 3.8) is 0 Å². The lowest BCUT2D eigenvalue weighted by atomic mass is 10.2. The molecule has 2 rings (SSSR count). The highest BCUT2D eigenvalue weighted by atomic mass is 16.6. The van der Waals surface area contributed by atoms with Crippen LogP contribution in [-0.2, 0) is 20.9 Å². The van der Waals surface area contributed by atoms with Crippen LogP contribution in [0.4, 0.5) is 0 Å². The Hall–Kier alpha value is -2.82. The van der Waals surface area contributed by atoms with Gasteiger partial charge in [0, 0.05) is 0 Å². The molecule has 120 valence electrons. The predicted molar refractivity (Wildman–Crippen MR) is 84.1 cm³/mol. The highest BCUT2D eigenvalue weighted by molar-refractivity contribution is 5.91. The van der Waals surface area contributed by atoms with Crippen molar-refractivity contribution in [2.45, 2.75) is 19.6 Å². The van der Waals surface area contributed by atoms with E-state index in [9.17, 15) is 9.59 Å². The molecule has 0 aromatic heterocycles. The summed E-state index contributed by atoms with van der Waals surface area (Å²) in [5.41, 5.74) is 1.21. The fourth-order valence-electron chi connectivity index (χ4n) is 1.85. The van der Waals surface area contributed by atoms with Crippen molar-refractivity contribution in [3.05, 3.63) is 65.7 Å². The molecule has 0 saturated heterocycles. The maximum absolute atomic E-state index is 12.0. The van der Waals surface area contributed by atoms with Crippen molar-refractivity contribution in [2.75, 3.05) is 7.11 Å². The number of carbonyl (C=O) groups is 2. The third-order valence-corrected chi connectivity index (χ3v) is 3.17. The van der Waals surface area contributed by atoms with E-state index in [1.54, 1.807) is 24.3 Å². The van der Waals surface area contributed by atoms with E-state index in [4.69, 9.17) is 14.2 Å². The number of esters is 2. The maximum atomic E-state index is 12.0. The molecule has 0 bridgehead atoms. The predicted octanol–water partition coefficient (Wildman–Crippen LogP) is 2.98. The standard InChI is InChI=1S/C18H18O5/c1-13(17(19)22-12-14-6-4-3-5-7-14)23-18(20)15-8-10-16(21-2)11-9-15/h3-11,13H,12H2,1-2H3/t13-/m0/s1. The third kappa shape index (κ3) is 4.85. The number of rotatable bonds is 6. The highest BCUT2D eigenvalue weighted by Crippen LogP contribution is 2.13. The van der Waals surface area contributed by atoms with Crippen LogP contribution < -0.4 is 4.74 Å². The van der Waals surface area contributed by atoms with E-state index in [0.29, 0.717) is 11.3 Å². The Morgan fingerprint density at radius 2 is 1.65 bits per heavy atom. The summed E-state index contributed by atoms with van der Waals surface area (Å²) in [5.74, 6) is -0.538. The second-order valence-electron chi connectivity index (χ2n) is 4.87. The molecule has 0 spiro atoms. The molecular formula is C18H18O5. The van der Waals surface area contributed by atoms with Crippen molar-refractivity contribution in [3.8, 4) is 5.75 Å². The van der Waals surface area contributed by atoms with Gasteiger partial charge in [-0.1, -0.05) is 30.3 Å². The Balaban J connectivity index is 1.85. The van der Waals surface area contributed by atoms with Gasteiger partial charge in [-0.3, -0.25) is 0 Å². The minimum Gasteiger partial charge on any atom is -0.497 e. The van der Waals surface area contributed by atoms with Crippen molar-refractivity contribution in [2.24, 2.45) is 0 Å². The molecule has 5 nitrogen and oxygen atoms in total. The van der Waals surface area contributed by atoms with Crippen LogP contribution in [0.3, 0.4) is 0 Å². The minimum absolute atomic E-state index is 0.143. The van der Waals surface area contributed by atoms with Gasteiger partial charge >= 0.3 is 11.9 Å². The van der Waals surface area contributed by atoms with Crippen LogP contribution in [0.2, 0.25) is 0 Å². The summed E-state index contributed by atoms with van der Waals surface area (Å²) in [6.45, 7) is 1.62. The van der Waals surface area contributed by atoms with Gasteiger partial charge < -0.3 is 14.2 Å². The molecule has 5 heteroatoms. The van der Waals surface area contributed by atoms with Crippen LogP contribution in [0, 0.1) is 0 Å². The van der Waals surface area contributed by atoms with Crippen molar-refractivity contribution >= 4 is 11.9 Å². The van der Waals surface area contributed by atoms with Gasteiger partial charge in [0.2, 0.25) is 0 Å². The molecule has 0 N–H and O–H groups in total. The van der Waals surface area contributed by atoms with E-state index < -0.39 is 18.0 Å². The van der Waals surface area contributed by atoms with Crippen LogP contribution in [0.25, 0.3) is 0 Å². The Kier molecular flexibility index (Phi) is 5.74. The van der Waals surface area contributed by atoms with Crippen LogP contribution in [0.5, 0.6) is 5.75 Å². The van der Waals surface area contributed by atoms with Gasteiger partial charge in [0.25, 0.3) is 0 Å². The van der Waals surface area contributed by atoms with Gasteiger partial charge in [-0.25, -0.2) is 9.59 Å². The molecule has 2 aromatic rings. The van der Waals surface area contributed by atoms with Crippen LogP contribution in [0.1, 0.15) is 22.8 Å². The molecular weight excluding hydrogens is 296 g/mol. The SMILES string of the molecule is COc1ccc(C(=O)O[C@@H](C)C(=O)OCc2ccccc2)cc1. The topological polar surface area (TPSA) is 61.8 Å². The average Bonchev–Trinajstić information content (AvgIpc) is 2.60. The zero-order valence-corrected chi connectivity index (χ0v) is 13.0. The molecule has 0 amide bonds. The summed E-state index contributed by atoms with van der Waals surface area (Å²) in [6.07, 6.45) is -0.978. The summed E-state index contributed by atoms with van der Waals surface area (Å²) in [6, 6.07) is 15.7. The number of methoxy groups -OCH3 is 1. The normalized spacial score (nSPS) is 11.4. The lowest BCUT2D eigenvalue weighted by Gasteiger charge is -2.13. The Labute approximate surface area is 134 Å². The quantitative estimate of drug-likeness (QED) is 0.767. The van der Waals surface area contributed by atoms with Crippen molar-refractivity contribution < 1.29 is 23.8 Å². The first-order valence-electron chi connectivity index (χ1n) is 7.15. The van der Waals surface area contributed by atoms with E-state index in [0.717, 1.165) is 5.56 Å². The first kappa shape index (κ1) is 16.5. The zero-order valence-electron chi connectivity index (χ0n) is 13.0. The van der Waals surface area contributed by atoms with Gasteiger partial charge in [0.15, 0.2) is 6.10 Å². The molecule has 0 heterocycles. The van der Waals surface area contributed by atoms with Gasteiger partial charge in [0.05, 0.1) is 12.7 Å². The Morgan fingerprint density at radius 3 is 2.26 bits per heavy atom. The van der Waals surface area contributed by atoms with Gasteiger partial charge in [0.1, 0.15) is 12.4 Å². The highest BCUT2D eigenvalue weighted by Gasteiger charge is 2.20. The number of hydrogen-bond donors (Lipinski definition) is 0. The van der Waals surface area contributed by atoms with E-state index in [1.165, 1.54) is 14.0 Å². The van der Waals surface area contributed by atoms with Crippen LogP contribution >= 0.6 is 0 Å². The van der Waals surface area contributed by atoms with Crippen LogP contribution in [-0.4, -0.2) is 25.2 Å². The fraction of sp³-hybridized carbons (Fsp3) is 0.222. The molecule has 0 fully saturated rings. The second-order valence-corrected chi connectivity index (χ2v) is 4.87. The number of benzene rings is 2. The molecule has 0 radical (unpaired) electrons. The molecule has 0 aliphatic rings. The van der Waals surface area contributed by atoms with Crippen molar-refractivity contribution in [1.82, 2.24) is 0 Å². The van der Waals surface area contributed by atoms with E-state index in [1.807, 2.05) is 30.3 Å². The maximum Gasteiger partial charge on any atom is 0.347 e. The summed E-state index contributed by atoms with van der Waals surface area (Å²) < 4.78 is 15.2. The lowest BCUT2D eigenvalue weighted by Crippen LogP contribution is -2.26. The number of hydrogen-bond acceptors (Lipinski definition) is 5. The number of ether oxygens (including phenoxy) is 3. The molecule has 2 aromatic carbocycles. The molecule has 23 heavy (non-hydrogen) atoms. The minimum atomic E-state index is -0.978. The average molecular weight is 314 g/mol. The molecule has 0 aliphatic carbocycles. The summed E-state index contributed by atoms with van der Waals surface area (Å²) >= 11 is 0. The monoisotopic (exact) mass is 314 g/mol. The molecule has 1 atom stereocenters. The lowest BCUT2D eigenvalue weighted by molar-refractivity contribution is -0.154. The second kappa shape index (κ2) is 7.98. The van der Waals surface area contributed by atoms with Gasteiger partial charge in [-0.05, 0) is 36.8 Å². The van der Waals surface area contributed by atoms with E-state index in [2.05, 4.69) is 0 Å². The smallest absolute Gasteiger partial charge is 0.347 e. The summed E-state index contributed by atoms with van der Waals surface area (Å²) in [4.78, 5) is 23.8.